The van der Waals surface area contributed by atoms with Gasteiger partial charge in [-0.25, -0.2) is 4.98 Å². The molecule has 0 aliphatic heterocycles. The van der Waals surface area contributed by atoms with Crippen LogP contribution >= 0.6 is 11.5 Å². The molecule has 0 aromatic carbocycles. The van der Waals surface area contributed by atoms with Crippen molar-refractivity contribution in [1.29, 1.82) is 0 Å². The van der Waals surface area contributed by atoms with Gasteiger partial charge in [0.2, 0.25) is 5.13 Å². The lowest BCUT2D eigenvalue weighted by Gasteiger charge is -2.03. The van der Waals surface area contributed by atoms with Gasteiger partial charge in [0, 0.05) is 24.0 Å². The quantitative estimate of drug-likeness (QED) is 0.929. The molecule has 1 aliphatic carbocycles. The van der Waals surface area contributed by atoms with Crippen molar-refractivity contribution in [3.05, 3.63) is 23.3 Å². The van der Waals surface area contributed by atoms with E-state index in [0.29, 0.717) is 10.8 Å². The average molecular weight is 277 g/mol. The molecular weight excluding hydrogens is 262 g/mol. The van der Waals surface area contributed by atoms with E-state index in [1.54, 1.807) is 17.9 Å². The molecule has 6 nitrogen and oxygen atoms in total. The molecule has 1 N–H and O–H groups in total. The second-order valence-electron chi connectivity index (χ2n) is 5.24. The second-order valence-corrected chi connectivity index (χ2v) is 5.99. The van der Waals surface area contributed by atoms with E-state index < -0.39 is 0 Å². The van der Waals surface area contributed by atoms with Crippen LogP contribution in [-0.4, -0.2) is 25.0 Å². The Morgan fingerprint density at radius 2 is 2.26 bits per heavy atom. The third kappa shape index (κ3) is 2.14. The Hall–Kier alpha value is -1.76. The highest BCUT2D eigenvalue weighted by atomic mass is 32.1. The van der Waals surface area contributed by atoms with Gasteiger partial charge in [-0.1, -0.05) is 6.92 Å². The topological polar surface area (TPSA) is 72.7 Å². The van der Waals surface area contributed by atoms with Crippen LogP contribution in [0.3, 0.4) is 0 Å². The molecule has 0 spiro atoms. The Morgan fingerprint density at radius 1 is 1.53 bits per heavy atom. The first-order valence-corrected chi connectivity index (χ1v) is 6.91. The van der Waals surface area contributed by atoms with Crippen molar-refractivity contribution < 1.29 is 4.79 Å². The SMILES string of the molecule is Cc1cnn(C)c1C(=O)Nc1nc(C2(C)CC2)ns1. The average Bonchev–Trinajstić information content (AvgIpc) is 2.80. The molecule has 19 heavy (non-hydrogen) atoms. The number of aryl methyl sites for hydroxylation is 2. The summed E-state index contributed by atoms with van der Waals surface area (Å²) in [6.07, 6.45) is 3.92. The molecule has 0 atom stereocenters. The van der Waals surface area contributed by atoms with Gasteiger partial charge in [0.25, 0.3) is 5.91 Å². The van der Waals surface area contributed by atoms with E-state index in [2.05, 4.69) is 26.7 Å². The van der Waals surface area contributed by atoms with Crippen LogP contribution < -0.4 is 5.32 Å². The predicted molar refractivity (Wildman–Crippen MR) is 72.4 cm³/mol. The van der Waals surface area contributed by atoms with Crippen molar-refractivity contribution in [1.82, 2.24) is 19.1 Å². The minimum atomic E-state index is -0.193. The standard InChI is InChI=1S/C12H15N5OS/c1-7-6-13-17(3)8(7)9(18)14-11-15-10(16-19-11)12(2)4-5-12/h6H,4-5H2,1-3H3,(H,14,15,16,18). The van der Waals surface area contributed by atoms with Gasteiger partial charge in [-0.05, 0) is 25.3 Å². The molecule has 100 valence electrons. The van der Waals surface area contributed by atoms with E-state index in [-0.39, 0.29) is 11.3 Å². The van der Waals surface area contributed by atoms with Gasteiger partial charge < -0.3 is 0 Å². The number of nitrogens with one attached hydrogen (secondary N) is 1. The summed E-state index contributed by atoms with van der Waals surface area (Å²) in [7, 11) is 1.75. The lowest BCUT2D eigenvalue weighted by atomic mass is 10.1. The fraction of sp³-hybridized carbons (Fsp3) is 0.500. The molecule has 0 bridgehead atoms. The summed E-state index contributed by atoms with van der Waals surface area (Å²) >= 11 is 1.23. The van der Waals surface area contributed by atoms with Gasteiger partial charge >= 0.3 is 0 Å². The summed E-state index contributed by atoms with van der Waals surface area (Å²) < 4.78 is 5.89. The van der Waals surface area contributed by atoms with Gasteiger partial charge in [0.15, 0.2) is 5.82 Å². The normalized spacial score (nSPS) is 16.4. The van der Waals surface area contributed by atoms with Crippen molar-refractivity contribution in [2.45, 2.75) is 32.1 Å². The largest absolute Gasteiger partial charge is 0.295 e. The number of anilines is 1. The summed E-state index contributed by atoms with van der Waals surface area (Å²) in [6, 6.07) is 0. The van der Waals surface area contributed by atoms with E-state index >= 15 is 0 Å². The Labute approximate surface area is 115 Å². The van der Waals surface area contributed by atoms with E-state index in [1.165, 1.54) is 11.5 Å². The van der Waals surface area contributed by atoms with E-state index in [0.717, 1.165) is 24.2 Å². The number of hydrogen-bond acceptors (Lipinski definition) is 5. The van der Waals surface area contributed by atoms with Crippen LogP contribution in [0.4, 0.5) is 5.13 Å². The van der Waals surface area contributed by atoms with Crippen molar-refractivity contribution in [2.24, 2.45) is 7.05 Å². The molecule has 1 amide bonds. The van der Waals surface area contributed by atoms with Crippen molar-refractivity contribution in [3.8, 4) is 0 Å². The highest BCUT2D eigenvalue weighted by Crippen LogP contribution is 2.46. The minimum Gasteiger partial charge on any atom is -0.295 e. The fourth-order valence-electron chi connectivity index (χ4n) is 1.96. The van der Waals surface area contributed by atoms with Crippen molar-refractivity contribution in [3.63, 3.8) is 0 Å². The number of nitrogens with zero attached hydrogens (tertiary/aromatic N) is 4. The molecule has 0 saturated heterocycles. The van der Waals surface area contributed by atoms with E-state index in [1.807, 2.05) is 6.92 Å². The maximum absolute atomic E-state index is 12.2. The number of aromatic nitrogens is 4. The second kappa shape index (κ2) is 4.12. The Morgan fingerprint density at radius 3 is 2.84 bits per heavy atom. The molecular formula is C12H15N5OS. The van der Waals surface area contributed by atoms with Crippen LogP contribution in [0.2, 0.25) is 0 Å². The number of carbonyl (C=O) groups is 1. The van der Waals surface area contributed by atoms with Crippen LogP contribution in [0.5, 0.6) is 0 Å². The third-order valence-electron chi connectivity index (χ3n) is 3.52. The summed E-state index contributed by atoms with van der Waals surface area (Å²) in [6.45, 7) is 4.00. The van der Waals surface area contributed by atoms with E-state index in [9.17, 15) is 4.79 Å². The first-order valence-electron chi connectivity index (χ1n) is 6.14. The zero-order valence-corrected chi connectivity index (χ0v) is 11.9. The monoisotopic (exact) mass is 277 g/mol. The highest BCUT2D eigenvalue weighted by Gasteiger charge is 2.42. The predicted octanol–water partition coefficient (Wildman–Crippen LogP) is 1.88. The number of amides is 1. The molecule has 3 rings (SSSR count). The van der Waals surface area contributed by atoms with Gasteiger partial charge in [-0.2, -0.15) is 9.47 Å². The summed E-state index contributed by atoms with van der Waals surface area (Å²) in [4.78, 5) is 16.6. The molecule has 1 fully saturated rings. The zero-order chi connectivity index (χ0) is 13.6. The molecule has 1 saturated carbocycles. The van der Waals surface area contributed by atoms with Crippen LogP contribution in [0.1, 0.15) is 41.6 Å². The molecule has 0 radical (unpaired) electrons. The fourth-order valence-corrected chi connectivity index (χ4v) is 2.66. The summed E-state index contributed by atoms with van der Waals surface area (Å²) in [5.41, 5.74) is 1.52. The number of rotatable bonds is 3. The van der Waals surface area contributed by atoms with Crippen molar-refractivity contribution >= 4 is 22.6 Å². The first kappa shape index (κ1) is 12.3. The highest BCUT2D eigenvalue weighted by molar-refractivity contribution is 7.09. The summed E-state index contributed by atoms with van der Waals surface area (Å²) in [5, 5.41) is 7.40. The Balaban J connectivity index is 1.78. The van der Waals surface area contributed by atoms with E-state index in [4.69, 9.17) is 0 Å². The van der Waals surface area contributed by atoms with Crippen LogP contribution in [0.25, 0.3) is 0 Å². The molecule has 0 unspecified atom stereocenters. The summed E-state index contributed by atoms with van der Waals surface area (Å²) in [5.74, 6) is 0.649. The van der Waals surface area contributed by atoms with Crippen LogP contribution in [0, 0.1) is 6.92 Å². The maximum Gasteiger partial charge on any atom is 0.276 e. The zero-order valence-electron chi connectivity index (χ0n) is 11.1. The minimum absolute atomic E-state index is 0.127. The molecule has 2 aromatic heterocycles. The Kier molecular flexibility index (Phi) is 2.67. The Bertz CT molecular complexity index is 621. The molecule has 2 aromatic rings. The van der Waals surface area contributed by atoms with Gasteiger partial charge in [0.1, 0.15) is 5.69 Å². The van der Waals surface area contributed by atoms with Crippen LogP contribution in [0.15, 0.2) is 6.20 Å². The van der Waals surface area contributed by atoms with Gasteiger partial charge in [-0.3, -0.25) is 14.8 Å². The van der Waals surface area contributed by atoms with Gasteiger partial charge in [-0.15, -0.1) is 0 Å². The molecule has 7 heteroatoms. The first-order chi connectivity index (χ1) is 8.99. The lowest BCUT2D eigenvalue weighted by molar-refractivity contribution is 0.101. The third-order valence-corrected chi connectivity index (χ3v) is 4.15. The molecule has 1 aliphatic rings. The van der Waals surface area contributed by atoms with Crippen molar-refractivity contribution in [2.75, 3.05) is 5.32 Å². The molecule has 2 heterocycles. The number of carbonyl (C=O) groups excluding carboxylic acids is 1. The van der Waals surface area contributed by atoms with Crippen LogP contribution in [-0.2, 0) is 12.5 Å². The maximum atomic E-state index is 12.2. The smallest absolute Gasteiger partial charge is 0.276 e. The van der Waals surface area contributed by atoms with Gasteiger partial charge in [0.05, 0.1) is 6.20 Å². The number of hydrogen-bond donors (Lipinski definition) is 1. The lowest BCUT2D eigenvalue weighted by Crippen LogP contribution is -2.17.